The Bertz CT molecular complexity index is 366. The lowest BCUT2D eigenvalue weighted by Crippen LogP contribution is -2.53. The third-order valence-corrected chi connectivity index (χ3v) is 3.11. The largest absolute Gasteiger partial charge is 0.382 e. The molecule has 0 aromatic heterocycles. The smallest absolute Gasteiger partial charge is 0.161 e. The maximum atomic E-state index is 11.1. The molecule has 3 heteroatoms. The van der Waals surface area contributed by atoms with Crippen LogP contribution in [0.25, 0.3) is 0 Å². The van der Waals surface area contributed by atoms with Gasteiger partial charge in [-0.15, -0.1) is 0 Å². The molecule has 1 aliphatic carbocycles. The number of rotatable bonds is 4. The normalized spacial score (nSPS) is 28.5. The van der Waals surface area contributed by atoms with E-state index in [-0.39, 0.29) is 11.9 Å². The second kappa shape index (κ2) is 4.36. The number of carbonyl (C=O) groups excluding carboxylic acids is 1. The highest BCUT2D eigenvalue weighted by atomic mass is 16.5. The molecule has 2 rings (SSSR count). The quantitative estimate of drug-likeness (QED) is 0.839. The van der Waals surface area contributed by atoms with E-state index in [4.69, 9.17) is 4.74 Å². The summed E-state index contributed by atoms with van der Waals surface area (Å²) in [7, 11) is 0. The van der Waals surface area contributed by atoms with Crippen LogP contribution in [0.5, 0.6) is 0 Å². The van der Waals surface area contributed by atoms with E-state index in [9.17, 15) is 9.90 Å². The molecule has 0 radical (unpaired) electrons. The van der Waals surface area contributed by atoms with Crippen molar-refractivity contribution in [1.29, 1.82) is 0 Å². The van der Waals surface area contributed by atoms with Crippen molar-refractivity contribution < 1.29 is 14.6 Å². The average Bonchev–Trinajstić information content (AvgIpc) is 2.24. The minimum Gasteiger partial charge on any atom is -0.382 e. The lowest BCUT2D eigenvalue weighted by molar-refractivity contribution is -0.168. The minimum atomic E-state index is -1.12. The number of aliphatic hydroxyl groups is 1. The second-order valence-corrected chi connectivity index (χ2v) is 4.41. The van der Waals surface area contributed by atoms with Crippen molar-refractivity contribution in [1.82, 2.24) is 0 Å². The standard InChI is InChI=1S/C13H16O3/c1-10(14)13(15)7-12(8-13)16-9-11-5-3-2-4-6-11/h2-6,12,15H,7-9H2,1H3. The van der Waals surface area contributed by atoms with Crippen LogP contribution in [0.4, 0.5) is 0 Å². The van der Waals surface area contributed by atoms with Gasteiger partial charge in [0.1, 0.15) is 5.60 Å². The Morgan fingerprint density at radius 3 is 2.62 bits per heavy atom. The summed E-state index contributed by atoms with van der Waals surface area (Å²) in [4.78, 5) is 11.1. The van der Waals surface area contributed by atoms with E-state index < -0.39 is 5.60 Å². The zero-order chi connectivity index (χ0) is 11.6. The Morgan fingerprint density at radius 1 is 1.44 bits per heavy atom. The highest BCUT2D eigenvalue weighted by Crippen LogP contribution is 2.35. The molecule has 86 valence electrons. The maximum Gasteiger partial charge on any atom is 0.161 e. The van der Waals surface area contributed by atoms with Crippen molar-refractivity contribution in [3.63, 3.8) is 0 Å². The van der Waals surface area contributed by atoms with Crippen molar-refractivity contribution in [3.8, 4) is 0 Å². The Balaban J connectivity index is 1.77. The molecule has 1 aliphatic rings. The maximum absolute atomic E-state index is 11.1. The molecular weight excluding hydrogens is 204 g/mol. The van der Waals surface area contributed by atoms with Gasteiger partial charge in [0.15, 0.2) is 5.78 Å². The number of hydrogen-bond acceptors (Lipinski definition) is 3. The molecule has 0 bridgehead atoms. The SMILES string of the molecule is CC(=O)C1(O)CC(OCc2ccccc2)C1. The Labute approximate surface area is 95.0 Å². The first-order chi connectivity index (χ1) is 7.60. The molecule has 0 spiro atoms. The van der Waals surface area contributed by atoms with Gasteiger partial charge in [0, 0.05) is 12.8 Å². The van der Waals surface area contributed by atoms with Crippen LogP contribution in [0.3, 0.4) is 0 Å². The molecule has 1 fully saturated rings. The van der Waals surface area contributed by atoms with Gasteiger partial charge in [0.2, 0.25) is 0 Å². The summed E-state index contributed by atoms with van der Waals surface area (Å²) in [5.41, 5.74) is -0.0118. The van der Waals surface area contributed by atoms with Crippen molar-refractivity contribution in [2.45, 2.75) is 38.1 Å². The van der Waals surface area contributed by atoms with Gasteiger partial charge >= 0.3 is 0 Å². The van der Waals surface area contributed by atoms with E-state index in [2.05, 4.69) is 0 Å². The van der Waals surface area contributed by atoms with Crippen LogP contribution in [0.1, 0.15) is 25.3 Å². The molecule has 0 amide bonds. The molecule has 3 nitrogen and oxygen atoms in total. The zero-order valence-electron chi connectivity index (χ0n) is 9.35. The summed E-state index contributed by atoms with van der Waals surface area (Å²) in [6, 6.07) is 9.88. The van der Waals surface area contributed by atoms with Crippen LogP contribution >= 0.6 is 0 Å². The number of carbonyl (C=O) groups is 1. The van der Waals surface area contributed by atoms with Gasteiger partial charge in [-0.3, -0.25) is 4.79 Å². The van der Waals surface area contributed by atoms with Crippen LogP contribution in [-0.2, 0) is 16.1 Å². The first-order valence-corrected chi connectivity index (χ1v) is 5.49. The fraction of sp³-hybridized carbons (Fsp3) is 0.462. The van der Waals surface area contributed by atoms with Crippen LogP contribution in [0.15, 0.2) is 30.3 Å². The lowest BCUT2D eigenvalue weighted by atomic mass is 9.75. The number of benzene rings is 1. The van der Waals surface area contributed by atoms with Crippen molar-refractivity contribution >= 4 is 5.78 Å². The summed E-state index contributed by atoms with van der Waals surface area (Å²) in [5.74, 6) is -0.160. The van der Waals surface area contributed by atoms with Crippen LogP contribution < -0.4 is 0 Å². The summed E-state index contributed by atoms with van der Waals surface area (Å²) >= 11 is 0. The monoisotopic (exact) mass is 220 g/mol. The molecule has 0 aliphatic heterocycles. The molecule has 0 unspecified atom stereocenters. The van der Waals surface area contributed by atoms with Gasteiger partial charge < -0.3 is 9.84 Å². The Hall–Kier alpha value is -1.19. The van der Waals surface area contributed by atoms with Gasteiger partial charge in [-0.1, -0.05) is 30.3 Å². The Kier molecular flexibility index (Phi) is 3.08. The predicted molar refractivity (Wildman–Crippen MR) is 59.9 cm³/mol. The number of hydrogen-bond donors (Lipinski definition) is 1. The first-order valence-electron chi connectivity index (χ1n) is 5.49. The molecule has 0 atom stereocenters. The number of ether oxygens (including phenoxy) is 1. The fourth-order valence-electron chi connectivity index (χ4n) is 1.89. The number of ketones is 1. The zero-order valence-corrected chi connectivity index (χ0v) is 9.35. The molecule has 0 saturated heterocycles. The Morgan fingerprint density at radius 2 is 2.06 bits per heavy atom. The molecule has 1 aromatic rings. The summed E-state index contributed by atoms with van der Waals surface area (Å²) < 4.78 is 5.60. The lowest BCUT2D eigenvalue weighted by Gasteiger charge is -2.41. The van der Waals surface area contributed by atoms with Gasteiger partial charge in [-0.25, -0.2) is 0 Å². The molecule has 1 N–H and O–H groups in total. The van der Waals surface area contributed by atoms with E-state index in [0.717, 1.165) is 5.56 Å². The van der Waals surface area contributed by atoms with E-state index >= 15 is 0 Å². The van der Waals surface area contributed by atoms with Crippen LogP contribution in [-0.4, -0.2) is 22.6 Å². The summed E-state index contributed by atoms with van der Waals surface area (Å²) in [6.07, 6.45) is 0.860. The minimum absolute atomic E-state index is 0.00843. The first kappa shape index (κ1) is 11.3. The molecule has 1 saturated carbocycles. The van der Waals surface area contributed by atoms with Gasteiger partial charge in [-0.05, 0) is 12.5 Å². The average molecular weight is 220 g/mol. The fourth-order valence-corrected chi connectivity index (χ4v) is 1.89. The van der Waals surface area contributed by atoms with Crippen molar-refractivity contribution in [3.05, 3.63) is 35.9 Å². The predicted octanol–water partition coefficient (Wildman–Crippen LogP) is 1.69. The van der Waals surface area contributed by atoms with Gasteiger partial charge in [0.05, 0.1) is 12.7 Å². The van der Waals surface area contributed by atoms with E-state index in [1.54, 1.807) is 0 Å². The molecule has 1 aromatic carbocycles. The molecule has 0 heterocycles. The topological polar surface area (TPSA) is 46.5 Å². The molecular formula is C13H16O3. The van der Waals surface area contributed by atoms with Gasteiger partial charge in [-0.2, -0.15) is 0 Å². The highest BCUT2D eigenvalue weighted by molar-refractivity contribution is 5.85. The van der Waals surface area contributed by atoms with E-state index in [0.29, 0.717) is 19.4 Å². The van der Waals surface area contributed by atoms with E-state index in [1.807, 2.05) is 30.3 Å². The van der Waals surface area contributed by atoms with Crippen LogP contribution in [0, 0.1) is 0 Å². The highest BCUT2D eigenvalue weighted by Gasteiger charge is 2.47. The van der Waals surface area contributed by atoms with Crippen LogP contribution in [0.2, 0.25) is 0 Å². The summed E-state index contributed by atoms with van der Waals surface area (Å²) in [5, 5.41) is 9.73. The third-order valence-electron chi connectivity index (χ3n) is 3.11. The second-order valence-electron chi connectivity index (χ2n) is 4.41. The van der Waals surface area contributed by atoms with Gasteiger partial charge in [0.25, 0.3) is 0 Å². The van der Waals surface area contributed by atoms with Crippen molar-refractivity contribution in [2.75, 3.05) is 0 Å². The summed E-state index contributed by atoms with van der Waals surface area (Å²) in [6.45, 7) is 1.97. The third kappa shape index (κ3) is 2.31. The number of Topliss-reactive ketones (excluding diaryl/α,β-unsaturated/α-hetero) is 1. The van der Waals surface area contributed by atoms with Crippen molar-refractivity contribution in [2.24, 2.45) is 0 Å². The molecule has 16 heavy (non-hydrogen) atoms. The van der Waals surface area contributed by atoms with E-state index in [1.165, 1.54) is 6.92 Å².